The minimum Gasteiger partial charge on any atom is -0.497 e. The van der Waals surface area contributed by atoms with E-state index in [9.17, 15) is 4.79 Å². The molecule has 0 unspecified atom stereocenters. The van der Waals surface area contributed by atoms with E-state index in [1.54, 1.807) is 43.3 Å². The van der Waals surface area contributed by atoms with Crippen LogP contribution in [0.3, 0.4) is 0 Å². The molecule has 0 radical (unpaired) electrons. The summed E-state index contributed by atoms with van der Waals surface area (Å²) in [6, 6.07) is 6.98. The highest BCUT2D eigenvalue weighted by atomic mass is 16.6. The monoisotopic (exact) mass is 252 g/mol. The van der Waals surface area contributed by atoms with Crippen LogP contribution in [0.25, 0.3) is 0 Å². The maximum atomic E-state index is 11.8. The second kappa shape index (κ2) is 6.86. The van der Waals surface area contributed by atoms with Crippen molar-refractivity contribution in [3.63, 3.8) is 0 Å². The molecule has 0 bridgehead atoms. The Labute approximate surface area is 108 Å². The Morgan fingerprint density at radius 3 is 2.44 bits per heavy atom. The number of carbonyl (C=O) groups excluding carboxylic acids is 1. The van der Waals surface area contributed by atoms with Crippen LogP contribution in [0.15, 0.2) is 24.3 Å². The quantitative estimate of drug-likeness (QED) is 0.799. The van der Waals surface area contributed by atoms with E-state index >= 15 is 0 Å². The van der Waals surface area contributed by atoms with Gasteiger partial charge >= 0.3 is 6.09 Å². The van der Waals surface area contributed by atoms with Gasteiger partial charge in [-0.3, -0.25) is 0 Å². The van der Waals surface area contributed by atoms with Gasteiger partial charge in [0.25, 0.3) is 0 Å². The highest BCUT2D eigenvalue weighted by Gasteiger charge is 2.11. The van der Waals surface area contributed by atoms with Gasteiger partial charge in [-0.1, -0.05) is 6.07 Å². The molecule has 0 aliphatic rings. The van der Waals surface area contributed by atoms with Crippen LogP contribution in [0, 0.1) is 0 Å². The van der Waals surface area contributed by atoms with E-state index in [0.29, 0.717) is 18.0 Å². The molecule has 0 aromatic heterocycles. The maximum Gasteiger partial charge on any atom is 0.415 e. The first kappa shape index (κ1) is 14.3. The zero-order valence-corrected chi connectivity index (χ0v) is 11.3. The molecule has 0 spiro atoms. The predicted octanol–water partition coefficient (Wildman–Crippen LogP) is 1.69. The maximum absolute atomic E-state index is 11.8. The molecule has 0 saturated heterocycles. The van der Waals surface area contributed by atoms with Gasteiger partial charge in [0.15, 0.2) is 0 Å². The van der Waals surface area contributed by atoms with Gasteiger partial charge in [0.05, 0.1) is 7.11 Å². The molecule has 5 nitrogen and oxygen atoms in total. The van der Waals surface area contributed by atoms with E-state index in [-0.39, 0.29) is 6.09 Å². The third kappa shape index (κ3) is 4.63. The van der Waals surface area contributed by atoms with E-state index in [4.69, 9.17) is 9.47 Å². The summed E-state index contributed by atoms with van der Waals surface area (Å²) >= 11 is 0. The third-order valence-corrected chi connectivity index (χ3v) is 2.44. The molecule has 1 aromatic rings. The fourth-order valence-electron chi connectivity index (χ4n) is 1.28. The van der Waals surface area contributed by atoms with Crippen LogP contribution in [0.1, 0.15) is 0 Å². The lowest BCUT2D eigenvalue weighted by atomic mass is 10.3. The summed E-state index contributed by atoms with van der Waals surface area (Å²) in [7, 11) is 7.21. The number of carbonyl (C=O) groups is 1. The summed E-state index contributed by atoms with van der Waals surface area (Å²) in [4.78, 5) is 15.3. The minimum atomic E-state index is -0.370. The SMILES string of the molecule is COc1cccc(OC(=O)N(C)CCN(C)C)c1. The van der Waals surface area contributed by atoms with Crippen molar-refractivity contribution in [1.29, 1.82) is 0 Å². The molecule has 5 heteroatoms. The number of methoxy groups -OCH3 is 1. The Bertz CT molecular complexity index is 394. The molecule has 0 fully saturated rings. The molecular weight excluding hydrogens is 232 g/mol. The Kier molecular flexibility index (Phi) is 5.45. The van der Waals surface area contributed by atoms with Gasteiger partial charge in [0, 0.05) is 26.2 Å². The fourth-order valence-corrected chi connectivity index (χ4v) is 1.28. The van der Waals surface area contributed by atoms with E-state index in [1.165, 1.54) is 0 Å². The number of rotatable bonds is 5. The third-order valence-electron chi connectivity index (χ3n) is 2.44. The van der Waals surface area contributed by atoms with Crippen molar-refractivity contribution in [2.24, 2.45) is 0 Å². The Balaban J connectivity index is 2.52. The highest BCUT2D eigenvalue weighted by molar-refractivity contribution is 5.70. The van der Waals surface area contributed by atoms with Crippen molar-refractivity contribution in [1.82, 2.24) is 9.80 Å². The highest BCUT2D eigenvalue weighted by Crippen LogP contribution is 2.19. The van der Waals surface area contributed by atoms with Crippen molar-refractivity contribution >= 4 is 6.09 Å². The molecule has 18 heavy (non-hydrogen) atoms. The molecule has 0 aliphatic heterocycles. The average molecular weight is 252 g/mol. The van der Waals surface area contributed by atoms with Crippen molar-refractivity contribution in [3.8, 4) is 11.5 Å². The first-order valence-electron chi connectivity index (χ1n) is 5.74. The second-order valence-corrected chi connectivity index (χ2v) is 4.27. The summed E-state index contributed by atoms with van der Waals surface area (Å²) in [5.74, 6) is 1.15. The van der Waals surface area contributed by atoms with Crippen LogP contribution in [-0.2, 0) is 0 Å². The standard InChI is InChI=1S/C13H20N2O3/c1-14(2)8-9-15(3)13(16)18-12-7-5-6-11(10-12)17-4/h5-7,10H,8-9H2,1-4H3. The number of benzene rings is 1. The number of hydrogen-bond acceptors (Lipinski definition) is 4. The molecule has 1 aromatic carbocycles. The van der Waals surface area contributed by atoms with E-state index < -0.39 is 0 Å². The van der Waals surface area contributed by atoms with Crippen molar-refractivity contribution < 1.29 is 14.3 Å². The van der Waals surface area contributed by atoms with Gasteiger partial charge in [0.2, 0.25) is 0 Å². The fraction of sp³-hybridized carbons (Fsp3) is 0.462. The number of likely N-dealkylation sites (N-methyl/N-ethyl adjacent to an activating group) is 2. The second-order valence-electron chi connectivity index (χ2n) is 4.27. The van der Waals surface area contributed by atoms with Gasteiger partial charge in [-0.15, -0.1) is 0 Å². The van der Waals surface area contributed by atoms with Crippen LogP contribution >= 0.6 is 0 Å². The molecule has 100 valence electrons. The largest absolute Gasteiger partial charge is 0.497 e. The zero-order valence-electron chi connectivity index (χ0n) is 11.3. The first-order chi connectivity index (χ1) is 8.52. The van der Waals surface area contributed by atoms with Crippen molar-refractivity contribution in [2.45, 2.75) is 0 Å². The molecule has 0 N–H and O–H groups in total. The minimum absolute atomic E-state index is 0.370. The molecule has 1 rings (SSSR count). The average Bonchev–Trinajstić information content (AvgIpc) is 2.36. The van der Waals surface area contributed by atoms with Gasteiger partial charge in [-0.25, -0.2) is 4.79 Å². The van der Waals surface area contributed by atoms with E-state index in [0.717, 1.165) is 6.54 Å². The van der Waals surface area contributed by atoms with Crippen molar-refractivity contribution in [3.05, 3.63) is 24.3 Å². The summed E-state index contributed by atoms with van der Waals surface area (Å²) < 4.78 is 10.3. The van der Waals surface area contributed by atoms with Crippen LogP contribution in [0.5, 0.6) is 11.5 Å². The lowest BCUT2D eigenvalue weighted by Crippen LogP contribution is -2.35. The van der Waals surface area contributed by atoms with Crippen LogP contribution < -0.4 is 9.47 Å². The number of ether oxygens (including phenoxy) is 2. The van der Waals surface area contributed by atoms with Crippen LogP contribution in [0.2, 0.25) is 0 Å². The summed E-state index contributed by atoms with van der Waals surface area (Å²) in [5, 5.41) is 0. The normalized spacial score (nSPS) is 10.3. The van der Waals surface area contributed by atoms with E-state index in [2.05, 4.69) is 0 Å². The zero-order chi connectivity index (χ0) is 13.5. The molecule has 0 atom stereocenters. The van der Waals surface area contributed by atoms with Gasteiger partial charge in [0.1, 0.15) is 11.5 Å². The lowest BCUT2D eigenvalue weighted by molar-refractivity contribution is 0.159. The number of nitrogens with zero attached hydrogens (tertiary/aromatic N) is 2. The van der Waals surface area contributed by atoms with Gasteiger partial charge in [-0.2, -0.15) is 0 Å². The summed E-state index contributed by atoms with van der Waals surface area (Å²) in [6.07, 6.45) is -0.370. The Morgan fingerprint density at radius 2 is 1.83 bits per heavy atom. The van der Waals surface area contributed by atoms with Crippen molar-refractivity contribution in [2.75, 3.05) is 41.3 Å². The lowest BCUT2D eigenvalue weighted by Gasteiger charge is -2.19. The molecule has 1 amide bonds. The Morgan fingerprint density at radius 1 is 1.17 bits per heavy atom. The van der Waals surface area contributed by atoms with Crippen LogP contribution in [-0.4, -0.2) is 57.2 Å². The smallest absolute Gasteiger partial charge is 0.415 e. The molecule has 0 heterocycles. The van der Waals surface area contributed by atoms with Crippen LogP contribution in [0.4, 0.5) is 4.79 Å². The van der Waals surface area contributed by atoms with Gasteiger partial charge in [-0.05, 0) is 26.2 Å². The number of amides is 1. The van der Waals surface area contributed by atoms with E-state index in [1.807, 2.05) is 19.0 Å². The predicted molar refractivity (Wildman–Crippen MR) is 70.2 cm³/mol. The topological polar surface area (TPSA) is 42.0 Å². The first-order valence-corrected chi connectivity index (χ1v) is 5.74. The number of hydrogen-bond donors (Lipinski definition) is 0. The Hall–Kier alpha value is -1.75. The molecule has 0 saturated carbocycles. The summed E-state index contributed by atoms with van der Waals surface area (Å²) in [6.45, 7) is 1.42. The van der Waals surface area contributed by atoms with Gasteiger partial charge < -0.3 is 19.3 Å². The molecule has 0 aliphatic carbocycles. The molecular formula is C13H20N2O3. The summed E-state index contributed by atoms with van der Waals surface area (Å²) in [5.41, 5.74) is 0.